The quantitative estimate of drug-likeness (QED) is 0.868. The van der Waals surface area contributed by atoms with Crippen LogP contribution in [0.5, 0.6) is 0 Å². The Morgan fingerprint density at radius 1 is 1.47 bits per heavy atom. The Hall–Kier alpha value is -0.870. The van der Waals surface area contributed by atoms with Crippen LogP contribution in [0.15, 0.2) is 17.5 Å². The lowest BCUT2D eigenvalue weighted by Crippen LogP contribution is -2.37. The van der Waals surface area contributed by atoms with Crippen molar-refractivity contribution in [2.24, 2.45) is 5.92 Å². The average molecular weight is 280 g/mol. The van der Waals surface area contributed by atoms with Crippen molar-refractivity contribution in [3.8, 4) is 0 Å². The molecule has 1 saturated heterocycles. The van der Waals surface area contributed by atoms with Gasteiger partial charge in [0.15, 0.2) is 0 Å². The van der Waals surface area contributed by atoms with Crippen LogP contribution in [0.25, 0.3) is 0 Å². The number of carbonyl (C=O) groups is 1. The number of nitrogens with zero attached hydrogens (tertiary/aromatic N) is 1. The SMILES string of the molecule is CN(CC1CCNCC1)C(=O)CCCc1cccs1. The van der Waals surface area contributed by atoms with Gasteiger partial charge in [0.25, 0.3) is 0 Å². The lowest BCUT2D eigenvalue weighted by Gasteiger charge is -2.27. The van der Waals surface area contributed by atoms with Crippen molar-refractivity contribution in [2.45, 2.75) is 32.1 Å². The second-order valence-corrected chi connectivity index (χ2v) is 6.43. The fourth-order valence-electron chi connectivity index (χ4n) is 2.61. The summed E-state index contributed by atoms with van der Waals surface area (Å²) in [6.45, 7) is 3.13. The third-order valence-corrected chi connectivity index (χ3v) is 4.75. The van der Waals surface area contributed by atoms with Crippen molar-refractivity contribution in [1.29, 1.82) is 0 Å². The summed E-state index contributed by atoms with van der Waals surface area (Å²) >= 11 is 1.78. The van der Waals surface area contributed by atoms with Crippen molar-refractivity contribution >= 4 is 17.2 Å². The van der Waals surface area contributed by atoms with Gasteiger partial charge in [0, 0.05) is 24.9 Å². The summed E-state index contributed by atoms with van der Waals surface area (Å²) in [6.07, 6.45) is 5.08. The number of carbonyl (C=O) groups excluding carboxylic acids is 1. The lowest BCUT2D eigenvalue weighted by molar-refractivity contribution is -0.130. The van der Waals surface area contributed by atoms with Crippen LogP contribution in [0.2, 0.25) is 0 Å². The lowest BCUT2D eigenvalue weighted by atomic mass is 9.97. The molecule has 0 unspecified atom stereocenters. The minimum atomic E-state index is 0.301. The van der Waals surface area contributed by atoms with Crippen LogP contribution < -0.4 is 5.32 Å². The minimum absolute atomic E-state index is 0.301. The Morgan fingerprint density at radius 2 is 2.26 bits per heavy atom. The van der Waals surface area contributed by atoms with Crippen molar-refractivity contribution in [3.63, 3.8) is 0 Å². The molecule has 1 aromatic heterocycles. The molecule has 1 amide bonds. The van der Waals surface area contributed by atoms with E-state index < -0.39 is 0 Å². The molecule has 1 N–H and O–H groups in total. The predicted molar refractivity (Wildman–Crippen MR) is 80.5 cm³/mol. The van der Waals surface area contributed by atoms with Gasteiger partial charge >= 0.3 is 0 Å². The van der Waals surface area contributed by atoms with Crippen LogP contribution in [0.3, 0.4) is 0 Å². The van der Waals surface area contributed by atoms with Gasteiger partial charge in [-0.2, -0.15) is 0 Å². The summed E-state index contributed by atoms with van der Waals surface area (Å²) in [5.74, 6) is 0.989. The summed E-state index contributed by atoms with van der Waals surface area (Å²) < 4.78 is 0. The normalized spacial score (nSPS) is 16.5. The number of thiophene rings is 1. The summed E-state index contributed by atoms with van der Waals surface area (Å²) in [6, 6.07) is 4.22. The van der Waals surface area contributed by atoms with E-state index in [0.717, 1.165) is 32.5 Å². The molecule has 1 aromatic rings. The van der Waals surface area contributed by atoms with Crippen LogP contribution >= 0.6 is 11.3 Å². The first-order valence-electron chi connectivity index (χ1n) is 7.23. The van der Waals surface area contributed by atoms with E-state index in [1.807, 2.05) is 11.9 Å². The molecule has 1 aliphatic heterocycles. The Morgan fingerprint density at radius 3 is 2.95 bits per heavy atom. The van der Waals surface area contributed by atoms with E-state index >= 15 is 0 Å². The van der Waals surface area contributed by atoms with E-state index in [0.29, 0.717) is 18.2 Å². The number of rotatable bonds is 6. The van der Waals surface area contributed by atoms with Crippen LogP contribution in [0.4, 0.5) is 0 Å². The minimum Gasteiger partial charge on any atom is -0.345 e. The molecule has 0 atom stereocenters. The van der Waals surface area contributed by atoms with Gasteiger partial charge in [-0.1, -0.05) is 6.07 Å². The fraction of sp³-hybridized carbons (Fsp3) is 0.667. The summed E-state index contributed by atoms with van der Waals surface area (Å²) in [5, 5.41) is 5.46. The topological polar surface area (TPSA) is 32.3 Å². The largest absolute Gasteiger partial charge is 0.345 e. The van der Waals surface area contributed by atoms with Gasteiger partial charge in [-0.05, 0) is 56.1 Å². The zero-order valence-electron chi connectivity index (χ0n) is 11.7. The summed E-state index contributed by atoms with van der Waals surface area (Å²) in [7, 11) is 1.95. The van der Waals surface area contributed by atoms with E-state index in [2.05, 4.69) is 22.8 Å². The average Bonchev–Trinajstić information content (AvgIpc) is 2.93. The van der Waals surface area contributed by atoms with E-state index in [-0.39, 0.29) is 0 Å². The van der Waals surface area contributed by atoms with Gasteiger partial charge in [0.2, 0.25) is 5.91 Å². The molecule has 0 aliphatic carbocycles. The molecule has 0 spiro atoms. The van der Waals surface area contributed by atoms with E-state index in [9.17, 15) is 4.79 Å². The first kappa shape index (κ1) is 14.5. The zero-order chi connectivity index (χ0) is 13.5. The van der Waals surface area contributed by atoms with Crippen LogP contribution in [-0.2, 0) is 11.2 Å². The third-order valence-electron chi connectivity index (χ3n) is 3.81. The van der Waals surface area contributed by atoms with Crippen LogP contribution in [0.1, 0.15) is 30.6 Å². The Labute approximate surface area is 120 Å². The Balaban J connectivity index is 1.64. The van der Waals surface area contributed by atoms with Crippen LogP contribution in [0, 0.1) is 5.92 Å². The molecule has 1 fully saturated rings. The maximum absolute atomic E-state index is 12.1. The van der Waals surface area contributed by atoms with E-state index in [4.69, 9.17) is 0 Å². The number of amides is 1. The van der Waals surface area contributed by atoms with Gasteiger partial charge in [0.1, 0.15) is 0 Å². The number of hydrogen-bond acceptors (Lipinski definition) is 3. The number of aryl methyl sites for hydroxylation is 1. The fourth-order valence-corrected chi connectivity index (χ4v) is 3.36. The molecule has 0 radical (unpaired) electrons. The summed E-state index contributed by atoms with van der Waals surface area (Å²) in [4.78, 5) is 15.4. The molecule has 2 heterocycles. The third kappa shape index (κ3) is 4.96. The molecule has 3 nitrogen and oxygen atoms in total. The van der Waals surface area contributed by atoms with Crippen molar-refractivity contribution in [3.05, 3.63) is 22.4 Å². The van der Waals surface area contributed by atoms with Gasteiger partial charge in [-0.3, -0.25) is 4.79 Å². The highest BCUT2D eigenvalue weighted by Gasteiger charge is 2.17. The molecule has 2 rings (SSSR count). The second-order valence-electron chi connectivity index (χ2n) is 5.40. The first-order valence-corrected chi connectivity index (χ1v) is 8.10. The van der Waals surface area contributed by atoms with E-state index in [1.165, 1.54) is 17.7 Å². The van der Waals surface area contributed by atoms with Crippen molar-refractivity contribution in [2.75, 3.05) is 26.7 Å². The number of nitrogens with one attached hydrogen (secondary N) is 1. The molecule has 0 saturated carbocycles. The van der Waals surface area contributed by atoms with Crippen LogP contribution in [-0.4, -0.2) is 37.5 Å². The maximum atomic E-state index is 12.1. The molecule has 4 heteroatoms. The number of piperidine rings is 1. The molecular formula is C15H24N2OS. The molecular weight excluding hydrogens is 256 g/mol. The van der Waals surface area contributed by atoms with E-state index in [1.54, 1.807) is 11.3 Å². The smallest absolute Gasteiger partial charge is 0.222 e. The maximum Gasteiger partial charge on any atom is 0.222 e. The highest BCUT2D eigenvalue weighted by Crippen LogP contribution is 2.15. The predicted octanol–water partition coefficient (Wildman–Crippen LogP) is 2.53. The zero-order valence-corrected chi connectivity index (χ0v) is 12.5. The molecule has 0 bridgehead atoms. The second kappa shape index (κ2) is 7.65. The van der Waals surface area contributed by atoms with Crippen molar-refractivity contribution in [1.82, 2.24) is 10.2 Å². The van der Waals surface area contributed by atoms with Gasteiger partial charge in [0.05, 0.1) is 0 Å². The van der Waals surface area contributed by atoms with Gasteiger partial charge in [-0.15, -0.1) is 11.3 Å². The molecule has 1 aliphatic rings. The highest BCUT2D eigenvalue weighted by atomic mass is 32.1. The summed E-state index contributed by atoms with van der Waals surface area (Å²) in [5.41, 5.74) is 0. The first-order chi connectivity index (χ1) is 9.25. The molecule has 19 heavy (non-hydrogen) atoms. The Bertz CT molecular complexity index is 372. The van der Waals surface area contributed by atoms with Crippen molar-refractivity contribution < 1.29 is 4.79 Å². The number of hydrogen-bond donors (Lipinski definition) is 1. The Kier molecular flexibility index (Phi) is 5.86. The molecule has 0 aromatic carbocycles. The monoisotopic (exact) mass is 280 g/mol. The molecule has 106 valence electrons. The van der Waals surface area contributed by atoms with Gasteiger partial charge in [-0.25, -0.2) is 0 Å². The standard InChI is InChI=1S/C15H24N2OS/c1-17(12-13-7-9-16-10-8-13)15(18)6-2-4-14-5-3-11-19-14/h3,5,11,13,16H,2,4,6-10,12H2,1H3. The highest BCUT2D eigenvalue weighted by molar-refractivity contribution is 7.09. The van der Waals surface area contributed by atoms with Gasteiger partial charge < -0.3 is 10.2 Å².